The Bertz CT molecular complexity index is 394. The molecule has 0 saturated carbocycles. The van der Waals surface area contributed by atoms with Gasteiger partial charge in [-0.1, -0.05) is 0 Å². The third-order valence-electron chi connectivity index (χ3n) is 1.90. The first-order valence-corrected chi connectivity index (χ1v) is 4.81. The minimum Gasteiger partial charge on any atom is -0.506 e. The van der Waals surface area contributed by atoms with Crippen LogP contribution in [0.25, 0.3) is 0 Å². The fraction of sp³-hybridized carbons (Fsp3) is 0.222. The number of halogens is 1. The van der Waals surface area contributed by atoms with Gasteiger partial charge >= 0.3 is 5.97 Å². The molecule has 0 spiro atoms. The van der Waals surface area contributed by atoms with E-state index in [-0.39, 0.29) is 11.3 Å². The summed E-state index contributed by atoms with van der Waals surface area (Å²) in [5, 5.41) is 18.3. The molecule has 82 valence electrons. The molecule has 1 aromatic rings. The zero-order valence-corrected chi connectivity index (χ0v) is 9.48. The van der Waals surface area contributed by atoms with Crippen molar-refractivity contribution in [2.45, 2.75) is 6.04 Å². The second-order valence-electron chi connectivity index (χ2n) is 2.86. The number of hydrogen-bond donors (Lipinski definition) is 3. The van der Waals surface area contributed by atoms with Crippen LogP contribution in [0.5, 0.6) is 11.5 Å². The topological polar surface area (TPSA) is 92.8 Å². The maximum Gasteiger partial charge on any atom is 0.325 e. The molecule has 6 heteroatoms. The lowest BCUT2D eigenvalue weighted by atomic mass is 10.1. The fourth-order valence-corrected chi connectivity index (χ4v) is 1.54. The van der Waals surface area contributed by atoms with Crippen molar-refractivity contribution < 1.29 is 19.7 Å². The monoisotopic (exact) mass is 275 g/mol. The van der Waals surface area contributed by atoms with Crippen LogP contribution < -0.4 is 10.5 Å². The third kappa shape index (κ3) is 2.40. The lowest BCUT2D eigenvalue weighted by molar-refractivity contribution is -0.138. The van der Waals surface area contributed by atoms with Crippen LogP contribution in [0.1, 0.15) is 11.6 Å². The predicted octanol–water partition coefficient (Wildman–Crippen LogP) is 1.25. The van der Waals surface area contributed by atoms with E-state index in [4.69, 9.17) is 15.6 Å². The van der Waals surface area contributed by atoms with Crippen molar-refractivity contribution in [2.24, 2.45) is 5.73 Å². The minimum atomic E-state index is -1.28. The van der Waals surface area contributed by atoms with Gasteiger partial charge in [-0.05, 0) is 28.1 Å². The zero-order chi connectivity index (χ0) is 11.6. The lowest BCUT2D eigenvalue weighted by Gasteiger charge is -2.12. The van der Waals surface area contributed by atoms with Crippen molar-refractivity contribution in [1.29, 1.82) is 0 Å². The molecular formula is C9H10BrNO4. The molecule has 0 aliphatic heterocycles. The molecule has 0 aromatic heterocycles. The molecule has 1 atom stereocenters. The maximum absolute atomic E-state index is 10.7. The Morgan fingerprint density at radius 2 is 2.20 bits per heavy atom. The van der Waals surface area contributed by atoms with Crippen LogP contribution >= 0.6 is 15.9 Å². The van der Waals surface area contributed by atoms with Crippen LogP contribution in [0.3, 0.4) is 0 Å². The van der Waals surface area contributed by atoms with E-state index in [1.807, 2.05) is 0 Å². The summed E-state index contributed by atoms with van der Waals surface area (Å²) in [5.74, 6) is -0.984. The molecule has 1 rings (SSSR count). The first-order valence-electron chi connectivity index (χ1n) is 4.02. The smallest absolute Gasteiger partial charge is 0.325 e. The minimum absolute atomic E-state index is 0.105. The van der Waals surface area contributed by atoms with Gasteiger partial charge in [0.25, 0.3) is 0 Å². The highest BCUT2D eigenvalue weighted by Crippen LogP contribution is 2.35. The van der Waals surface area contributed by atoms with E-state index in [9.17, 15) is 9.90 Å². The number of aromatic hydroxyl groups is 1. The van der Waals surface area contributed by atoms with Crippen LogP contribution in [-0.4, -0.2) is 23.3 Å². The number of hydrogen-bond acceptors (Lipinski definition) is 4. The van der Waals surface area contributed by atoms with E-state index in [1.54, 1.807) is 0 Å². The number of nitrogens with two attached hydrogens (primary N) is 1. The van der Waals surface area contributed by atoms with Gasteiger partial charge in [-0.2, -0.15) is 0 Å². The quantitative estimate of drug-likeness (QED) is 0.772. The summed E-state index contributed by atoms with van der Waals surface area (Å²) < 4.78 is 5.27. The molecule has 0 fully saturated rings. The van der Waals surface area contributed by atoms with Crippen molar-refractivity contribution in [1.82, 2.24) is 0 Å². The van der Waals surface area contributed by atoms with Crippen molar-refractivity contribution in [3.63, 3.8) is 0 Å². The number of carbonyl (C=O) groups is 1. The standard InChI is InChI=1S/C9H10BrNO4/c1-15-4-2-5(7(11)9(13)14)8(12)6(10)3-4/h2-3,7,12H,11H2,1H3,(H,13,14)/t7-/m0/s1. The number of ether oxygens (including phenoxy) is 1. The van der Waals surface area contributed by atoms with E-state index >= 15 is 0 Å². The average molecular weight is 276 g/mol. The van der Waals surface area contributed by atoms with E-state index in [0.29, 0.717) is 10.2 Å². The van der Waals surface area contributed by atoms with Crippen LogP contribution in [0.15, 0.2) is 16.6 Å². The molecule has 4 N–H and O–H groups in total. The van der Waals surface area contributed by atoms with E-state index < -0.39 is 12.0 Å². The van der Waals surface area contributed by atoms with Gasteiger partial charge in [0.2, 0.25) is 0 Å². The summed E-state index contributed by atoms with van der Waals surface area (Å²) in [6, 6.07) is 1.63. The van der Waals surface area contributed by atoms with Crippen LogP contribution in [0.2, 0.25) is 0 Å². The third-order valence-corrected chi connectivity index (χ3v) is 2.51. The van der Waals surface area contributed by atoms with E-state index in [1.165, 1.54) is 19.2 Å². The Balaban J connectivity index is 3.27. The molecule has 0 aliphatic rings. The molecule has 1 aromatic carbocycles. The van der Waals surface area contributed by atoms with Crippen molar-refractivity contribution in [3.05, 3.63) is 22.2 Å². The Labute approximate surface area is 94.6 Å². The Kier molecular flexibility index (Phi) is 3.54. The van der Waals surface area contributed by atoms with Gasteiger partial charge in [-0.25, -0.2) is 0 Å². The molecule has 0 heterocycles. The molecule has 15 heavy (non-hydrogen) atoms. The van der Waals surface area contributed by atoms with E-state index in [2.05, 4.69) is 15.9 Å². The summed E-state index contributed by atoms with van der Waals surface area (Å²) >= 11 is 3.08. The van der Waals surface area contributed by atoms with Crippen molar-refractivity contribution in [2.75, 3.05) is 7.11 Å². The number of carboxylic acid groups (broad SMARTS) is 1. The van der Waals surface area contributed by atoms with Gasteiger partial charge in [0.1, 0.15) is 17.5 Å². The summed E-state index contributed by atoms with van der Waals surface area (Å²) in [6.45, 7) is 0. The van der Waals surface area contributed by atoms with Crippen LogP contribution in [-0.2, 0) is 4.79 Å². The molecule has 5 nitrogen and oxygen atoms in total. The highest BCUT2D eigenvalue weighted by molar-refractivity contribution is 9.10. The average Bonchev–Trinajstić information content (AvgIpc) is 2.20. The van der Waals surface area contributed by atoms with Gasteiger partial charge < -0.3 is 20.7 Å². The van der Waals surface area contributed by atoms with Crippen LogP contribution in [0, 0.1) is 0 Å². The predicted molar refractivity (Wildman–Crippen MR) is 56.9 cm³/mol. The first kappa shape index (κ1) is 11.8. The van der Waals surface area contributed by atoms with Crippen molar-refractivity contribution in [3.8, 4) is 11.5 Å². The number of benzene rings is 1. The second kappa shape index (κ2) is 4.50. The Morgan fingerprint density at radius 3 is 2.67 bits per heavy atom. The molecule has 0 saturated heterocycles. The number of aliphatic carboxylic acids is 1. The normalized spacial score (nSPS) is 12.2. The van der Waals surface area contributed by atoms with Gasteiger partial charge in [0, 0.05) is 5.56 Å². The maximum atomic E-state index is 10.7. The Morgan fingerprint density at radius 1 is 1.60 bits per heavy atom. The SMILES string of the molecule is COc1cc(Br)c(O)c([C@H](N)C(=O)O)c1. The van der Waals surface area contributed by atoms with Gasteiger partial charge in [-0.15, -0.1) is 0 Å². The van der Waals surface area contributed by atoms with Crippen LogP contribution in [0.4, 0.5) is 0 Å². The molecule has 0 amide bonds. The van der Waals surface area contributed by atoms with Gasteiger partial charge in [-0.3, -0.25) is 4.79 Å². The molecule has 0 unspecified atom stereocenters. The highest BCUT2D eigenvalue weighted by atomic mass is 79.9. The molecule has 0 aliphatic carbocycles. The molecule has 0 bridgehead atoms. The summed E-state index contributed by atoms with van der Waals surface area (Å²) in [5.41, 5.74) is 5.50. The lowest BCUT2D eigenvalue weighted by Crippen LogP contribution is -2.20. The van der Waals surface area contributed by atoms with Gasteiger partial charge in [0.15, 0.2) is 0 Å². The summed E-state index contributed by atoms with van der Waals surface area (Å²) in [4.78, 5) is 10.7. The highest BCUT2D eigenvalue weighted by Gasteiger charge is 2.20. The number of phenolic OH excluding ortho intramolecular Hbond substituents is 1. The number of carboxylic acids is 1. The van der Waals surface area contributed by atoms with Crippen molar-refractivity contribution >= 4 is 21.9 Å². The number of phenols is 1. The first-order chi connectivity index (χ1) is 6.97. The molecular weight excluding hydrogens is 266 g/mol. The van der Waals surface area contributed by atoms with E-state index in [0.717, 1.165) is 0 Å². The fourth-order valence-electron chi connectivity index (χ4n) is 1.08. The number of methoxy groups -OCH3 is 1. The second-order valence-corrected chi connectivity index (χ2v) is 3.72. The zero-order valence-electron chi connectivity index (χ0n) is 7.90. The summed E-state index contributed by atoms with van der Waals surface area (Å²) in [7, 11) is 1.44. The molecule has 0 radical (unpaired) electrons. The summed E-state index contributed by atoms with van der Waals surface area (Å²) in [6.07, 6.45) is 0. The Hall–Kier alpha value is -1.27. The number of rotatable bonds is 3. The van der Waals surface area contributed by atoms with Gasteiger partial charge in [0.05, 0.1) is 11.6 Å². The largest absolute Gasteiger partial charge is 0.506 e.